The van der Waals surface area contributed by atoms with Crippen molar-refractivity contribution >= 4 is 17.6 Å². The summed E-state index contributed by atoms with van der Waals surface area (Å²) in [5.74, 6) is 3.09. The Labute approximate surface area is 112 Å². The summed E-state index contributed by atoms with van der Waals surface area (Å²) >= 11 is 1.87. The van der Waals surface area contributed by atoms with Gasteiger partial charge in [-0.05, 0) is 12.1 Å². The van der Waals surface area contributed by atoms with Gasteiger partial charge in [0.2, 0.25) is 0 Å². The molecular formula is C14H17N3S. The van der Waals surface area contributed by atoms with E-state index in [0.29, 0.717) is 0 Å². The lowest BCUT2D eigenvalue weighted by Crippen LogP contribution is -2.09. The summed E-state index contributed by atoms with van der Waals surface area (Å²) in [4.78, 5) is 0. The molecule has 0 atom stereocenters. The Kier molecular flexibility index (Phi) is 4.90. The first-order valence-electron chi connectivity index (χ1n) is 5.94. The van der Waals surface area contributed by atoms with E-state index in [1.165, 1.54) is 0 Å². The summed E-state index contributed by atoms with van der Waals surface area (Å²) in [6, 6.07) is 12.1. The number of thioether (sulfide) groups is 1. The van der Waals surface area contributed by atoms with E-state index in [4.69, 9.17) is 0 Å². The minimum atomic E-state index is 0.928. The van der Waals surface area contributed by atoms with Crippen molar-refractivity contribution in [1.29, 1.82) is 0 Å². The van der Waals surface area contributed by atoms with E-state index in [1.54, 1.807) is 0 Å². The number of benzene rings is 1. The summed E-state index contributed by atoms with van der Waals surface area (Å²) in [5.41, 5.74) is 1.07. The van der Waals surface area contributed by atoms with E-state index >= 15 is 0 Å². The van der Waals surface area contributed by atoms with Gasteiger partial charge < -0.3 is 5.32 Å². The first kappa shape index (κ1) is 12.8. The molecule has 0 bridgehead atoms. The highest BCUT2D eigenvalue weighted by molar-refractivity contribution is 7.99. The Balaban J connectivity index is 1.94. The van der Waals surface area contributed by atoms with Crippen LogP contribution >= 0.6 is 11.8 Å². The maximum Gasteiger partial charge on any atom is 0.129 e. The van der Waals surface area contributed by atoms with Crippen LogP contribution < -0.4 is 5.32 Å². The van der Waals surface area contributed by atoms with Gasteiger partial charge in [0.1, 0.15) is 5.82 Å². The summed E-state index contributed by atoms with van der Waals surface area (Å²) < 4.78 is 1.91. The maximum atomic E-state index is 4.33. The average molecular weight is 259 g/mol. The van der Waals surface area contributed by atoms with E-state index in [-0.39, 0.29) is 0 Å². The molecule has 0 unspecified atom stereocenters. The molecule has 0 spiro atoms. The molecule has 1 aromatic heterocycles. The smallest absolute Gasteiger partial charge is 0.129 e. The third-order valence-electron chi connectivity index (χ3n) is 2.43. The van der Waals surface area contributed by atoms with Crippen molar-refractivity contribution in [3.63, 3.8) is 0 Å². The first-order chi connectivity index (χ1) is 8.92. The fourth-order valence-electron chi connectivity index (χ4n) is 1.63. The number of aromatic nitrogens is 2. The molecule has 0 aliphatic heterocycles. The summed E-state index contributed by atoms with van der Waals surface area (Å²) in [5, 5.41) is 7.73. The molecule has 0 saturated heterocycles. The van der Waals surface area contributed by atoms with Gasteiger partial charge in [-0.2, -0.15) is 16.9 Å². The maximum absolute atomic E-state index is 4.33. The number of hydrogen-bond donors (Lipinski definition) is 1. The standard InChI is InChI=1S/C14H17N3S/c1-2-11-18-12-10-15-14-8-9-16-17(14)13-6-4-3-5-7-13/h2-9,15H,1,10-12H2. The van der Waals surface area contributed by atoms with Gasteiger partial charge in [0.15, 0.2) is 0 Å². The van der Waals surface area contributed by atoms with Gasteiger partial charge in [-0.1, -0.05) is 24.3 Å². The van der Waals surface area contributed by atoms with Crippen LogP contribution in [0, 0.1) is 0 Å². The van der Waals surface area contributed by atoms with Crippen molar-refractivity contribution in [2.45, 2.75) is 0 Å². The first-order valence-corrected chi connectivity index (χ1v) is 7.09. The Morgan fingerprint density at radius 2 is 2.11 bits per heavy atom. The molecule has 0 radical (unpaired) electrons. The molecule has 2 rings (SSSR count). The fourth-order valence-corrected chi connectivity index (χ4v) is 2.21. The van der Waals surface area contributed by atoms with Gasteiger partial charge in [0.25, 0.3) is 0 Å². The number of anilines is 1. The predicted molar refractivity (Wildman–Crippen MR) is 79.6 cm³/mol. The molecule has 1 aromatic carbocycles. The summed E-state index contributed by atoms with van der Waals surface area (Å²) in [6.07, 6.45) is 3.74. The van der Waals surface area contributed by atoms with Gasteiger partial charge >= 0.3 is 0 Å². The molecule has 0 fully saturated rings. The normalized spacial score (nSPS) is 10.2. The molecule has 0 amide bonds. The van der Waals surface area contributed by atoms with Crippen LogP contribution in [0.5, 0.6) is 0 Å². The van der Waals surface area contributed by atoms with E-state index < -0.39 is 0 Å². The largest absolute Gasteiger partial charge is 0.369 e. The number of nitrogens with one attached hydrogen (secondary N) is 1. The third kappa shape index (κ3) is 3.40. The van der Waals surface area contributed by atoms with Crippen LogP contribution in [-0.4, -0.2) is 27.8 Å². The van der Waals surface area contributed by atoms with Gasteiger partial charge in [0.05, 0.1) is 11.9 Å². The van der Waals surface area contributed by atoms with E-state index in [0.717, 1.165) is 29.6 Å². The number of nitrogens with zero attached hydrogens (tertiary/aromatic N) is 2. The molecule has 4 heteroatoms. The fraction of sp³-hybridized carbons (Fsp3) is 0.214. The van der Waals surface area contributed by atoms with Crippen LogP contribution in [0.25, 0.3) is 5.69 Å². The lowest BCUT2D eigenvalue weighted by atomic mass is 10.3. The Morgan fingerprint density at radius 3 is 2.89 bits per heavy atom. The SMILES string of the molecule is C=CCSCCNc1ccnn1-c1ccccc1. The summed E-state index contributed by atoms with van der Waals surface area (Å²) in [6.45, 7) is 4.63. The van der Waals surface area contributed by atoms with Crippen LogP contribution in [0.3, 0.4) is 0 Å². The number of para-hydroxylation sites is 1. The van der Waals surface area contributed by atoms with Crippen molar-refractivity contribution in [2.75, 3.05) is 23.4 Å². The monoisotopic (exact) mass is 259 g/mol. The van der Waals surface area contributed by atoms with Crippen molar-refractivity contribution < 1.29 is 0 Å². The highest BCUT2D eigenvalue weighted by atomic mass is 32.2. The topological polar surface area (TPSA) is 29.9 Å². The van der Waals surface area contributed by atoms with Crippen LogP contribution in [0.15, 0.2) is 55.3 Å². The van der Waals surface area contributed by atoms with Crippen LogP contribution in [-0.2, 0) is 0 Å². The van der Waals surface area contributed by atoms with Gasteiger partial charge in [-0.3, -0.25) is 0 Å². The molecule has 18 heavy (non-hydrogen) atoms. The quantitative estimate of drug-likeness (QED) is 0.611. The van der Waals surface area contributed by atoms with Crippen LogP contribution in [0.4, 0.5) is 5.82 Å². The molecule has 94 valence electrons. The second-order valence-electron chi connectivity index (χ2n) is 3.75. The van der Waals surface area contributed by atoms with E-state index in [2.05, 4.69) is 17.0 Å². The van der Waals surface area contributed by atoms with Crippen molar-refractivity contribution in [3.8, 4) is 5.69 Å². The molecule has 0 saturated carbocycles. The summed E-state index contributed by atoms with van der Waals surface area (Å²) in [7, 11) is 0. The third-order valence-corrected chi connectivity index (χ3v) is 3.40. The Morgan fingerprint density at radius 1 is 1.28 bits per heavy atom. The van der Waals surface area contributed by atoms with Crippen molar-refractivity contribution in [1.82, 2.24) is 9.78 Å². The zero-order valence-corrected chi connectivity index (χ0v) is 11.1. The zero-order chi connectivity index (χ0) is 12.6. The van der Waals surface area contributed by atoms with E-state index in [9.17, 15) is 0 Å². The van der Waals surface area contributed by atoms with Gasteiger partial charge in [-0.15, -0.1) is 6.58 Å². The lowest BCUT2D eigenvalue weighted by Gasteiger charge is -2.09. The number of rotatable bonds is 7. The highest BCUT2D eigenvalue weighted by Gasteiger charge is 2.02. The van der Waals surface area contributed by atoms with Crippen molar-refractivity contribution in [2.24, 2.45) is 0 Å². The molecule has 1 N–H and O–H groups in total. The second-order valence-corrected chi connectivity index (χ2v) is 4.90. The molecular weight excluding hydrogens is 242 g/mol. The Hall–Kier alpha value is -1.68. The van der Waals surface area contributed by atoms with Gasteiger partial charge in [0, 0.05) is 24.1 Å². The molecule has 0 aliphatic carbocycles. The van der Waals surface area contributed by atoms with Crippen LogP contribution in [0.1, 0.15) is 0 Å². The number of hydrogen-bond acceptors (Lipinski definition) is 3. The zero-order valence-electron chi connectivity index (χ0n) is 10.2. The second kappa shape index (κ2) is 6.91. The minimum Gasteiger partial charge on any atom is -0.369 e. The highest BCUT2D eigenvalue weighted by Crippen LogP contribution is 2.14. The Bertz CT molecular complexity index is 479. The molecule has 1 heterocycles. The molecule has 2 aromatic rings. The predicted octanol–water partition coefficient (Wildman–Crippen LogP) is 3.20. The van der Waals surface area contributed by atoms with E-state index in [1.807, 2.05) is 65.1 Å². The van der Waals surface area contributed by atoms with Crippen LogP contribution in [0.2, 0.25) is 0 Å². The van der Waals surface area contributed by atoms with Crippen molar-refractivity contribution in [3.05, 3.63) is 55.3 Å². The molecule has 0 aliphatic rings. The lowest BCUT2D eigenvalue weighted by molar-refractivity contribution is 0.879. The average Bonchev–Trinajstić information content (AvgIpc) is 2.88. The molecule has 3 nitrogen and oxygen atoms in total. The van der Waals surface area contributed by atoms with Gasteiger partial charge in [-0.25, -0.2) is 4.68 Å². The minimum absolute atomic E-state index is 0.928.